The Morgan fingerprint density at radius 1 is 1.11 bits per heavy atom. The van der Waals surface area contributed by atoms with Crippen LogP contribution in [0.2, 0.25) is 0 Å². The lowest BCUT2D eigenvalue weighted by atomic mass is 10.1. The molecule has 3 heterocycles. The zero-order valence-electron chi connectivity index (χ0n) is 18.3. The smallest absolute Gasteiger partial charge is 0.387 e. The average Bonchev–Trinajstić information content (AvgIpc) is 3.28. The van der Waals surface area contributed by atoms with Gasteiger partial charge in [0.2, 0.25) is 0 Å². The van der Waals surface area contributed by atoms with Crippen LogP contribution >= 0.6 is 15.6 Å². The van der Waals surface area contributed by atoms with Crippen LogP contribution in [0.3, 0.4) is 0 Å². The molecule has 1 aliphatic rings. The largest absolute Gasteiger partial charge is 0.481 e. The van der Waals surface area contributed by atoms with Crippen molar-refractivity contribution in [3.8, 4) is 0 Å². The molecule has 4 rings (SSSR count). The van der Waals surface area contributed by atoms with Crippen LogP contribution in [0.15, 0.2) is 44.6 Å². The van der Waals surface area contributed by atoms with E-state index in [4.69, 9.17) is 19.0 Å². The van der Waals surface area contributed by atoms with Crippen LogP contribution in [0, 0.1) is 6.92 Å². The maximum atomic E-state index is 13.1. The molecule has 18 heteroatoms. The Kier molecular flexibility index (Phi) is 7.20. The third-order valence-electron chi connectivity index (χ3n) is 5.33. The van der Waals surface area contributed by atoms with Crippen LogP contribution in [0.5, 0.6) is 0 Å². The third-order valence-corrected chi connectivity index (χ3v) is 7.48. The van der Waals surface area contributed by atoms with Crippen molar-refractivity contribution in [2.75, 3.05) is 6.61 Å². The number of ether oxygens (including phenoxy) is 1. The number of phosphoric ester groups is 1. The van der Waals surface area contributed by atoms with Crippen LogP contribution in [0.4, 0.5) is 0 Å². The van der Waals surface area contributed by atoms with E-state index in [9.17, 15) is 33.8 Å². The minimum absolute atomic E-state index is 0.278. The van der Waals surface area contributed by atoms with Gasteiger partial charge in [0.05, 0.1) is 13.2 Å². The number of fused-ring (bicyclic) bond motifs is 1. The highest BCUT2D eigenvalue weighted by Gasteiger charge is 2.46. The highest BCUT2D eigenvalue weighted by Crippen LogP contribution is 2.57. The van der Waals surface area contributed by atoms with Gasteiger partial charge in [-0.25, -0.2) is 13.9 Å². The standard InChI is InChI=1S/C18H21N3O13P2/c1-9-2-3-10-11(19-33-12(10)6-9)7-21-14(22)4-5-20(18(21)25)17-16(24)15(23)13(32-17)8-31-36(29,30)34-35(26,27)28/h2-6,13,15-17,23-24H,7-8H2,1H3,(H,29,30)(H2,26,27,28)/t13-,15?,16+,17-/m1/s1. The Morgan fingerprint density at radius 3 is 2.53 bits per heavy atom. The van der Waals surface area contributed by atoms with Gasteiger partial charge < -0.3 is 34.2 Å². The van der Waals surface area contributed by atoms with E-state index in [1.807, 2.05) is 6.92 Å². The predicted octanol–water partition coefficient (Wildman–Crippen LogP) is -0.647. The quantitative estimate of drug-likeness (QED) is 0.220. The first kappa shape index (κ1) is 26.6. The monoisotopic (exact) mass is 549 g/mol. The number of aryl methyl sites for hydroxylation is 1. The first-order valence-electron chi connectivity index (χ1n) is 10.2. The lowest BCUT2D eigenvalue weighted by Gasteiger charge is -2.19. The SMILES string of the molecule is Cc1ccc2c(Cn3c(=O)ccn([C@@H]4O[C@H](COP(=O)(O)OP(=O)(O)O)C(O)[C@@H]4O)c3=O)noc2c1. The molecule has 1 fully saturated rings. The molecule has 0 aliphatic carbocycles. The van der Waals surface area contributed by atoms with E-state index in [0.717, 1.165) is 27.0 Å². The normalized spacial score (nSPS) is 24.3. The van der Waals surface area contributed by atoms with Gasteiger partial charge in [0.15, 0.2) is 11.8 Å². The number of benzene rings is 1. The summed E-state index contributed by atoms with van der Waals surface area (Å²) >= 11 is 0. The predicted molar refractivity (Wildman–Crippen MR) is 118 cm³/mol. The van der Waals surface area contributed by atoms with Crippen LogP contribution in [0.1, 0.15) is 17.5 Å². The first-order chi connectivity index (χ1) is 16.8. The van der Waals surface area contributed by atoms with Crippen LogP contribution in [-0.4, -0.2) is 64.1 Å². The summed E-state index contributed by atoms with van der Waals surface area (Å²) in [7, 11) is -10.6. The molecule has 0 amide bonds. The van der Waals surface area contributed by atoms with Crippen molar-refractivity contribution in [3.05, 3.63) is 62.6 Å². The third kappa shape index (κ3) is 5.58. The van der Waals surface area contributed by atoms with Crippen molar-refractivity contribution < 1.29 is 52.1 Å². The van der Waals surface area contributed by atoms with Gasteiger partial charge in [-0.05, 0) is 24.6 Å². The Balaban J connectivity index is 1.57. The van der Waals surface area contributed by atoms with Crippen molar-refractivity contribution in [1.82, 2.24) is 14.3 Å². The number of hydrogen-bond donors (Lipinski definition) is 5. The summed E-state index contributed by atoms with van der Waals surface area (Å²) in [6.07, 6.45) is -5.53. The lowest BCUT2D eigenvalue weighted by molar-refractivity contribution is -0.0547. The highest BCUT2D eigenvalue weighted by atomic mass is 31.3. The van der Waals surface area contributed by atoms with Gasteiger partial charge in [-0.15, -0.1) is 0 Å². The molecule has 5 N–H and O–H groups in total. The summed E-state index contributed by atoms with van der Waals surface area (Å²) < 4.78 is 42.7. The van der Waals surface area contributed by atoms with E-state index in [-0.39, 0.29) is 6.54 Å². The van der Waals surface area contributed by atoms with Crippen LogP contribution in [-0.2, 0) is 29.2 Å². The Hall–Kier alpha value is -2.49. The number of aliphatic hydroxyl groups excluding tert-OH is 2. The maximum Gasteiger partial charge on any atom is 0.481 e. The van der Waals surface area contributed by atoms with E-state index in [1.54, 1.807) is 18.2 Å². The van der Waals surface area contributed by atoms with Crippen LogP contribution in [0.25, 0.3) is 11.0 Å². The highest BCUT2D eigenvalue weighted by molar-refractivity contribution is 7.60. The lowest BCUT2D eigenvalue weighted by Crippen LogP contribution is -2.43. The Morgan fingerprint density at radius 2 is 1.83 bits per heavy atom. The molecular formula is C18H21N3O13P2. The molecular weight excluding hydrogens is 528 g/mol. The molecule has 196 valence electrons. The second kappa shape index (κ2) is 9.76. The summed E-state index contributed by atoms with van der Waals surface area (Å²) in [4.78, 5) is 52.2. The molecule has 2 unspecified atom stereocenters. The fourth-order valence-corrected chi connectivity index (χ4v) is 5.25. The second-order valence-corrected chi connectivity index (χ2v) is 10.8. The van der Waals surface area contributed by atoms with Crippen molar-refractivity contribution in [3.63, 3.8) is 0 Å². The Labute approximate surface area is 200 Å². The Bertz CT molecular complexity index is 1490. The fraction of sp³-hybridized carbons (Fsp3) is 0.389. The molecule has 1 aromatic carbocycles. The van der Waals surface area contributed by atoms with Gasteiger partial charge in [0.1, 0.15) is 24.0 Å². The number of rotatable bonds is 8. The minimum Gasteiger partial charge on any atom is -0.387 e. The zero-order valence-corrected chi connectivity index (χ0v) is 20.1. The first-order valence-corrected chi connectivity index (χ1v) is 13.2. The maximum absolute atomic E-state index is 13.1. The average molecular weight is 549 g/mol. The minimum atomic E-state index is -5.38. The van der Waals surface area contributed by atoms with Gasteiger partial charge in [-0.2, -0.15) is 4.31 Å². The van der Waals surface area contributed by atoms with E-state index < -0.39 is 58.0 Å². The topological polar surface area (TPSA) is 233 Å². The fourth-order valence-electron chi connectivity index (χ4n) is 3.65. The van der Waals surface area contributed by atoms with Gasteiger partial charge in [-0.1, -0.05) is 11.2 Å². The number of aromatic nitrogens is 3. The summed E-state index contributed by atoms with van der Waals surface area (Å²) in [6.45, 7) is 0.632. The molecule has 3 aromatic rings. The molecule has 5 atom stereocenters. The molecule has 0 saturated carbocycles. The second-order valence-electron chi connectivity index (χ2n) is 7.94. The van der Waals surface area contributed by atoms with Crippen molar-refractivity contribution in [2.24, 2.45) is 0 Å². The summed E-state index contributed by atoms with van der Waals surface area (Å²) in [5.74, 6) is 0. The number of aliphatic hydroxyl groups is 2. The van der Waals surface area contributed by atoms with Gasteiger partial charge >= 0.3 is 21.3 Å². The van der Waals surface area contributed by atoms with Gasteiger partial charge in [0.25, 0.3) is 5.56 Å². The number of phosphoric acid groups is 2. The van der Waals surface area contributed by atoms with E-state index >= 15 is 0 Å². The summed E-state index contributed by atoms with van der Waals surface area (Å²) in [5, 5.41) is 25.2. The molecule has 0 bridgehead atoms. The molecule has 16 nitrogen and oxygen atoms in total. The molecule has 36 heavy (non-hydrogen) atoms. The van der Waals surface area contributed by atoms with Gasteiger partial charge in [0, 0.05) is 17.6 Å². The van der Waals surface area contributed by atoms with Crippen LogP contribution < -0.4 is 11.2 Å². The van der Waals surface area contributed by atoms with Crippen molar-refractivity contribution >= 4 is 26.6 Å². The van der Waals surface area contributed by atoms with Crippen molar-refractivity contribution in [1.29, 1.82) is 0 Å². The molecule has 0 radical (unpaired) electrons. The van der Waals surface area contributed by atoms with E-state index in [0.29, 0.717) is 16.7 Å². The molecule has 1 aliphatic heterocycles. The number of hydrogen-bond acceptors (Lipinski definition) is 11. The molecule has 0 spiro atoms. The number of nitrogens with zero attached hydrogens (tertiary/aromatic N) is 3. The van der Waals surface area contributed by atoms with E-state index in [1.165, 1.54) is 0 Å². The summed E-state index contributed by atoms with van der Waals surface area (Å²) in [6, 6.07) is 6.29. The molecule has 2 aromatic heterocycles. The summed E-state index contributed by atoms with van der Waals surface area (Å²) in [5.41, 5.74) is 0.0489. The molecule has 1 saturated heterocycles. The van der Waals surface area contributed by atoms with Crippen molar-refractivity contribution in [2.45, 2.75) is 38.0 Å². The van der Waals surface area contributed by atoms with Gasteiger partial charge in [-0.3, -0.25) is 18.5 Å². The zero-order chi connectivity index (χ0) is 26.4. The van der Waals surface area contributed by atoms with E-state index in [2.05, 4.69) is 14.0 Å².